The lowest BCUT2D eigenvalue weighted by Crippen LogP contribution is -2.51. The Labute approximate surface area is 147 Å². The maximum atomic E-state index is 14.6. The van der Waals surface area contributed by atoms with Gasteiger partial charge in [0.1, 0.15) is 22.8 Å². The van der Waals surface area contributed by atoms with Gasteiger partial charge in [0.25, 0.3) is 0 Å². The minimum absolute atomic E-state index is 0.0904. The molecule has 24 heavy (non-hydrogen) atoms. The number of rotatable bonds is 2. The van der Waals surface area contributed by atoms with Gasteiger partial charge in [-0.25, -0.2) is 14.4 Å². The second-order valence-corrected chi connectivity index (χ2v) is 6.78. The normalized spacial score (nSPS) is 22.9. The fourth-order valence-electron chi connectivity index (χ4n) is 3.32. The third kappa shape index (κ3) is 2.39. The lowest BCUT2D eigenvalue weighted by molar-refractivity contribution is -0.00715. The second kappa shape index (κ2) is 6.16. The van der Waals surface area contributed by atoms with E-state index in [-0.39, 0.29) is 28.7 Å². The molecule has 0 amide bonds. The highest BCUT2D eigenvalue weighted by atomic mass is 35.5. The highest BCUT2D eigenvalue weighted by Gasteiger charge is 2.38. The summed E-state index contributed by atoms with van der Waals surface area (Å²) in [5, 5.41) is 0.729. The fourth-order valence-corrected chi connectivity index (χ4v) is 3.84. The van der Waals surface area contributed by atoms with Gasteiger partial charge in [0.2, 0.25) is 5.88 Å². The molecule has 2 aromatic heterocycles. The Morgan fingerprint density at radius 1 is 1.38 bits per heavy atom. The zero-order chi connectivity index (χ0) is 16.8. The number of ether oxygens (including phenoxy) is 2. The molecule has 2 aliphatic heterocycles. The van der Waals surface area contributed by atoms with E-state index in [1.807, 2.05) is 13.2 Å². The van der Waals surface area contributed by atoms with Crippen LogP contribution in [0.4, 0.5) is 10.2 Å². The lowest BCUT2D eigenvalue weighted by Gasteiger charge is -2.37. The Balaban J connectivity index is 2.04. The van der Waals surface area contributed by atoms with Gasteiger partial charge in [-0.1, -0.05) is 23.4 Å². The van der Waals surface area contributed by atoms with Crippen LogP contribution in [-0.2, 0) is 4.74 Å². The molecule has 1 fully saturated rings. The zero-order valence-electron chi connectivity index (χ0n) is 13.3. The van der Waals surface area contributed by atoms with E-state index in [9.17, 15) is 4.39 Å². The summed E-state index contributed by atoms with van der Waals surface area (Å²) >= 11 is 7.33. The molecule has 0 aromatic carbocycles. The number of halogens is 2. The van der Waals surface area contributed by atoms with E-state index >= 15 is 0 Å². The molecule has 0 unspecified atom stereocenters. The standard InChI is InChI=1S/C15H16ClFN4O2S/c1-3-21-7-4-5-22-6-8(7)23-14-9-11(10(17)12(16)19-14)18-15(24-2)20-13(9)21/h7-8H,3-6H2,1-2H3/t7-,8-/m0/s1. The number of aromatic nitrogens is 3. The Kier molecular flexibility index (Phi) is 4.14. The first-order valence-electron chi connectivity index (χ1n) is 7.75. The van der Waals surface area contributed by atoms with Crippen LogP contribution in [0.25, 0.3) is 10.9 Å². The van der Waals surface area contributed by atoms with Crippen molar-refractivity contribution in [1.82, 2.24) is 15.0 Å². The molecule has 0 N–H and O–H groups in total. The van der Waals surface area contributed by atoms with E-state index in [0.29, 0.717) is 36.1 Å². The maximum absolute atomic E-state index is 14.6. The van der Waals surface area contributed by atoms with E-state index in [2.05, 4.69) is 19.9 Å². The van der Waals surface area contributed by atoms with Crippen LogP contribution in [0, 0.1) is 5.82 Å². The SMILES string of the molecule is CCN1c2nc(SC)nc3c(F)c(Cl)nc(c23)O[C@H]2COCC[C@@H]21. The smallest absolute Gasteiger partial charge is 0.228 e. The minimum Gasteiger partial charge on any atom is -0.469 e. The van der Waals surface area contributed by atoms with Crippen molar-refractivity contribution in [1.29, 1.82) is 0 Å². The van der Waals surface area contributed by atoms with Gasteiger partial charge in [0.15, 0.2) is 16.1 Å². The van der Waals surface area contributed by atoms with Gasteiger partial charge < -0.3 is 14.4 Å². The van der Waals surface area contributed by atoms with Gasteiger partial charge in [-0.3, -0.25) is 0 Å². The third-order valence-electron chi connectivity index (χ3n) is 4.40. The van der Waals surface area contributed by atoms with Crippen molar-refractivity contribution in [3.8, 4) is 5.88 Å². The largest absolute Gasteiger partial charge is 0.469 e. The molecule has 0 spiro atoms. The molecule has 128 valence electrons. The van der Waals surface area contributed by atoms with Crippen LogP contribution in [0.3, 0.4) is 0 Å². The summed E-state index contributed by atoms with van der Waals surface area (Å²) in [5.41, 5.74) is 0.150. The molecule has 0 aliphatic carbocycles. The summed E-state index contributed by atoms with van der Waals surface area (Å²) in [6.45, 7) is 3.87. The van der Waals surface area contributed by atoms with Crippen molar-refractivity contribution in [3.63, 3.8) is 0 Å². The third-order valence-corrected chi connectivity index (χ3v) is 5.20. The van der Waals surface area contributed by atoms with Gasteiger partial charge in [0.05, 0.1) is 12.6 Å². The predicted octanol–water partition coefficient (Wildman–Crippen LogP) is 2.92. The molecule has 6 nitrogen and oxygen atoms in total. The van der Waals surface area contributed by atoms with Gasteiger partial charge in [-0.15, -0.1) is 0 Å². The van der Waals surface area contributed by atoms with Crippen molar-refractivity contribution in [2.75, 3.05) is 30.9 Å². The Bertz CT molecular complexity index is 809. The topological polar surface area (TPSA) is 60.4 Å². The molecular weight excluding hydrogens is 355 g/mol. The maximum Gasteiger partial charge on any atom is 0.228 e. The van der Waals surface area contributed by atoms with Crippen LogP contribution in [-0.4, -0.2) is 53.1 Å². The summed E-state index contributed by atoms with van der Waals surface area (Å²) in [6, 6.07) is 0.0904. The molecule has 0 bridgehead atoms. The summed E-state index contributed by atoms with van der Waals surface area (Å²) in [6.07, 6.45) is 2.46. The van der Waals surface area contributed by atoms with Crippen LogP contribution in [0.1, 0.15) is 13.3 Å². The Hall–Kier alpha value is -1.38. The van der Waals surface area contributed by atoms with Crippen LogP contribution >= 0.6 is 23.4 Å². The van der Waals surface area contributed by atoms with Gasteiger partial charge in [0, 0.05) is 13.2 Å². The second-order valence-electron chi connectivity index (χ2n) is 5.65. The minimum atomic E-state index is -0.643. The quantitative estimate of drug-likeness (QED) is 0.457. The molecule has 0 saturated carbocycles. The van der Waals surface area contributed by atoms with Crippen LogP contribution in [0.2, 0.25) is 5.15 Å². The average Bonchev–Trinajstić information content (AvgIpc) is 2.73. The van der Waals surface area contributed by atoms with Crippen LogP contribution in [0.15, 0.2) is 5.16 Å². The Morgan fingerprint density at radius 3 is 2.96 bits per heavy atom. The van der Waals surface area contributed by atoms with Crippen LogP contribution < -0.4 is 9.64 Å². The monoisotopic (exact) mass is 370 g/mol. The number of hydrogen-bond acceptors (Lipinski definition) is 7. The van der Waals surface area contributed by atoms with Gasteiger partial charge in [-0.2, -0.15) is 4.98 Å². The van der Waals surface area contributed by atoms with Crippen molar-refractivity contribution in [2.45, 2.75) is 30.6 Å². The van der Waals surface area contributed by atoms with E-state index in [4.69, 9.17) is 21.1 Å². The number of likely N-dealkylation sites (N-methyl/N-ethyl adjacent to an activating group) is 1. The van der Waals surface area contributed by atoms with E-state index in [0.717, 1.165) is 6.42 Å². The number of pyridine rings is 1. The first-order chi connectivity index (χ1) is 11.6. The number of nitrogens with zero attached hydrogens (tertiary/aromatic N) is 4. The lowest BCUT2D eigenvalue weighted by atomic mass is 10.0. The molecular formula is C15H16ClFN4O2S. The van der Waals surface area contributed by atoms with Crippen molar-refractivity contribution >= 4 is 40.1 Å². The van der Waals surface area contributed by atoms with Crippen LogP contribution in [0.5, 0.6) is 5.88 Å². The zero-order valence-corrected chi connectivity index (χ0v) is 14.8. The molecule has 2 atom stereocenters. The summed E-state index contributed by atoms with van der Waals surface area (Å²) < 4.78 is 26.2. The fraction of sp³-hybridized carbons (Fsp3) is 0.533. The molecule has 4 heterocycles. The van der Waals surface area contributed by atoms with E-state index < -0.39 is 5.82 Å². The van der Waals surface area contributed by atoms with Gasteiger partial charge in [-0.05, 0) is 19.6 Å². The Morgan fingerprint density at radius 2 is 2.21 bits per heavy atom. The van der Waals surface area contributed by atoms with Crippen molar-refractivity contribution in [3.05, 3.63) is 11.0 Å². The summed E-state index contributed by atoms with van der Waals surface area (Å²) in [7, 11) is 0. The molecule has 0 radical (unpaired) electrons. The number of hydrogen-bond donors (Lipinski definition) is 0. The van der Waals surface area contributed by atoms with Gasteiger partial charge >= 0.3 is 0 Å². The average molecular weight is 371 g/mol. The summed E-state index contributed by atoms with van der Waals surface area (Å²) in [5.74, 6) is 0.282. The molecule has 4 rings (SSSR count). The highest BCUT2D eigenvalue weighted by molar-refractivity contribution is 7.98. The van der Waals surface area contributed by atoms with E-state index in [1.54, 1.807) is 0 Å². The number of thioether (sulfide) groups is 1. The molecule has 2 aromatic rings. The van der Waals surface area contributed by atoms with Crippen molar-refractivity contribution in [2.24, 2.45) is 0 Å². The highest BCUT2D eigenvalue weighted by Crippen LogP contribution is 2.41. The first-order valence-corrected chi connectivity index (χ1v) is 9.36. The first kappa shape index (κ1) is 16.1. The molecule has 2 aliphatic rings. The number of fused-ring (bicyclic) bond motifs is 1. The molecule has 1 saturated heterocycles. The number of anilines is 1. The summed E-state index contributed by atoms with van der Waals surface area (Å²) in [4.78, 5) is 15.2. The van der Waals surface area contributed by atoms with Crippen molar-refractivity contribution < 1.29 is 13.9 Å². The predicted molar refractivity (Wildman–Crippen MR) is 90.7 cm³/mol. The molecule has 9 heteroatoms. The van der Waals surface area contributed by atoms with E-state index in [1.165, 1.54) is 11.8 Å².